The van der Waals surface area contributed by atoms with Crippen molar-refractivity contribution in [2.75, 3.05) is 7.05 Å². The summed E-state index contributed by atoms with van der Waals surface area (Å²) in [5.74, 6) is 0. The van der Waals surface area contributed by atoms with Crippen molar-refractivity contribution in [3.8, 4) is 0 Å². The molecule has 0 aliphatic rings. The van der Waals surface area contributed by atoms with Gasteiger partial charge in [-0.3, -0.25) is 0 Å². The van der Waals surface area contributed by atoms with Gasteiger partial charge in [-0.05, 0) is 31.9 Å². The van der Waals surface area contributed by atoms with Crippen LogP contribution < -0.4 is 5.32 Å². The Hall–Kier alpha value is -0.980. The molecule has 0 radical (unpaired) electrons. The number of hydrogen-bond acceptors (Lipinski definition) is 1. The monoisotopic (exact) mass is 197 g/mol. The van der Waals surface area contributed by atoms with E-state index in [0.717, 1.165) is 0 Å². The van der Waals surface area contributed by atoms with Gasteiger partial charge < -0.3 is 5.32 Å². The molecule has 0 fully saturated rings. The highest BCUT2D eigenvalue weighted by Gasteiger charge is 1.97. The van der Waals surface area contributed by atoms with E-state index in [-0.39, 0.29) is 7.43 Å². The number of rotatable bonds is 3. The van der Waals surface area contributed by atoms with E-state index in [9.17, 15) is 0 Å². The van der Waals surface area contributed by atoms with Crippen molar-refractivity contribution < 1.29 is 0 Å². The molecule has 84 valence electrons. The molecule has 0 aromatic rings. The molecule has 0 spiro atoms. The molecule has 0 saturated carbocycles. The van der Waals surface area contributed by atoms with Crippen LogP contribution >= 0.6 is 0 Å². The maximum absolute atomic E-state index is 3.72. The normalized spacial score (nSPS) is 11.4. The molecule has 0 amide bonds. The van der Waals surface area contributed by atoms with Crippen LogP contribution in [0.3, 0.4) is 0 Å². The minimum absolute atomic E-state index is 0. The highest BCUT2D eigenvalue weighted by molar-refractivity contribution is 5.35. The highest BCUT2D eigenvalue weighted by Crippen LogP contribution is 2.10. The quantitative estimate of drug-likeness (QED) is 0.665. The fourth-order valence-electron chi connectivity index (χ4n) is 0.952. The molecule has 0 rings (SSSR count). The summed E-state index contributed by atoms with van der Waals surface area (Å²) >= 11 is 0. The van der Waals surface area contributed by atoms with Gasteiger partial charge in [0, 0.05) is 12.7 Å². The zero-order chi connectivity index (χ0) is 10.9. The van der Waals surface area contributed by atoms with Crippen LogP contribution in [0.5, 0.6) is 0 Å². The lowest BCUT2D eigenvalue weighted by molar-refractivity contribution is 0.976. The molecule has 0 bridgehead atoms. The highest BCUT2D eigenvalue weighted by atomic mass is 14.8. The standard InChI is InChI=1S/C10H17N.C2H6.CH4/c1-6-8(3)10(11-5)9(4)7-2;1-2;/h6-7,11H,1H2,2-5H3;1-2H3;1H4/b9-7-,10-8+;;. The van der Waals surface area contributed by atoms with Crippen LogP contribution in [0, 0.1) is 0 Å². The molecule has 0 aromatic heterocycles. The topological polar surface area (TPSA) is 12.0 Å². The number of allylic oxidation sites excluding steroid dienone is 4. The molecule has 0 aliphatic heterocycles. The van der Waals surface area contributed by atoms with Gasteiger partial charge in [-0.1, -0.05) is 40.0 Å². The first-order chi connectivity index (χ1) is 6.17. The first-order valence-electron chi connectivity index (χ1n) is 4.81. The Morgan fingerprint density at radius 1 is 1.21 bits per heavy atom. The van der Waals surface area contributed by atoms with Crippen LogP contribution in [-0.4, -0.2) is 7.05 Å². The van der Waals surface area contributed by atoms with Gasteiger partial charge in [0.1, 0.15) is 0 Å². The maximum atomic E-state index is 3.72. The summed E-state index contributed by atoms with van der Waals surface area (Å²) in [4.78, 5) is 0. The van der Waals surface area contributed by atoms with Crippen molar-refractivity contribution in [2.45, 2.75) is 42.0 Å². The zero-order valence-electron chi connectivity index (χ0n) is 9.86. The molecule has 0 aromatic carbocycles. The Labute approximate surface area is 90.6 Å². The van der Waals surface area contributed by atoms with Gasteiger partial charge in [-0.15, -0.1) is 0 Å². The van der Waals surface area contributed by atoms with E-state index in [1.807, 2.05) is 40.8 Å². The van der Waals surface area contributed by atoms with E-state index in [1.54, 1.807) is 0 Å². The predicted octanol–water partition coefficient (Wildman–Crippen LogP) is 4.29. The second-order valence-electron chi connectivity index (χ2n) is 2.48. The van der Waals surface area contributed by atoms with Crippen molar-refractivity contribution >= 4 is 0 Å². The van der Waals surface area contributed by atoms with Gasteiger partial charge in [-0.25, -0.2) is 0 Å². The summed E-state index contributed by atoms with van der Waals surface area (Å²) in [7, 11) is 1.93. The summed E-state index contributed by atoms with van der Waals surface area (Å²) in [5, 5.41) is 3.14. The third-order valence-electron chi connectivity index (χ3n) is 1.78. The molecule has 0 aliphatic carbocycles. The van der Waals surface area contributed by atoms with Gasteiger partial charge in [0.25, 0.3) is 0 Å². The Balaban J connectivity index is -0.000000376. The van der Waals surface area contributed by atoms with E-state index in [1.165, 1.54) is 16.8 Å². The average Bonchev–Trinajstić information content (AvgIpc) is 2.21. The molecule has 1 heteroatoms. The van der Waals surface area contributed by atoms with Crippen LogP contribution in [0.15, 0.2) is 35.6 Å². The van der Waals surface area contributed by atoms with Gasteiger partial charge in [0.15, 0.2) is 0 Å². The summed E-state index contributed by atoms with van der Waals surface area (Å²) in [6, 6.07) is 0. The number of nitrogens with one attached hydrogen (secondary N) is 1. The molecular formula is C13H27N. The van der Waals surface area contributed by atoms with Gasteiger partial charge in [0.2, 0.25) is 0 Å². The van der Waals surface area contributed by atoms with Gasteiger partial charge >= 0.3 is 0 Å². The molecule has 0 unspecified atom stereocenters. The van der Waals surface area contributed by atoms with E-state index in [2.05, 4.69) is 24.9 Å². The van der Waals surface area contributed by atoms with Crippen molar-refractivity contribution in [3.05, 3.63) is 35.6 Å². The van der Waals surface area contributed by atoms with Crippen molar-refractivity contribution in [3.63, 3.8) is 0 Å². The number of hydrogen-bond donors (Lipinski definition) is 1. The maximum Gasteiger partial charge on any atom is 0.0393 e. The molecule has 1 N–H and O–H groups in total. The smallest absolute Gasteiger partial charge is 0.0393 e. The lowest BCUT2D eigenvalue weighted by Gasteiger charge is -2.09. The predicted molar refractivity (Wildman–Crippen MR) is 69.5 cm³/mol. The molecule has 0 atom stereocenters. The first kappa shape index (κ1) is 18.7. The van der Waals surface area contributed by atoms with Crippen LogP contribution in [0.4, 0.5) is 0 Å². The molecule has 14 heavy (non-hydrogen) atoms. The summed E-state index contributed by atoms with van der Waals surface area (Å²) < 4.78 is 0. The SMILES string of the molecule is C.C=C/C(C)=C(NC)\C(C)=C/C.CC. The average molecular weight is 197 g/mol. The van der Waals surface area contributed by atoms with E-state index >= 15 is 0 Å². The van der Waals surface area contributed by atoms with Crippen LogP contribution in [-0.2, 0) is 0 Å². The Bertz CT molecular complexity index is 197. The van der Waals surface area contributed by atoms with Crippen LogP contribution in [0.2, 0.25) is 0 Å². The summed E-state index contributed by atoms with van der Waals surface area (Å²) in [6.45, 7) is 13.9. The van der Waals surface area contributed by atoms with Crippen molar-refractivity contribution in [2.24, 2.45) is 0 Å². The molecular weight excluding hydrogens is 170 g/mol. The second kappa shape index (κ2) is 12.0. The first-order valence-corrected chi connectivity index (χ1v) is 4.81. The fraction of sp³-hybridized carbons (Fsp3) is 0.538. The van der Waals surface area contributed by atoms with Crippen LogP contribution in [0.25, 0.3) is 0 Å². The Morgan fingerprint density at radius 2 is 1.64 bits per heavy atom. The molecule has 1 nitrogen and oxygen atoms in total. The van der Waals surface area contributed by atoms with Gasteiger partial charge in [0.05, 0.1) is 0 Å². The van der Waals surface area contributed by atoms with E-state index in [4.69, 9.17) is 0 Å². The van der Waals surface area contributed by atoms with Crippen molar-refractivity contribution in [1.29, 1.82) is 0 Å². The minimum Gasteiger partial charge on any atom is -0.388 e. The minimum atomic E-state index is 0. The Kier molecular flexibility index (Phi) is 16.1. The van der Waals surface area contributed by atoms with E-state index in [0.29, 0.717) is 0 Å². The molecule has 0 heterocycles. The third kappa shape index (κ3) is 6.53. The number of likely N-dealkylation sites (N-methyl/N-ethyl adjacent to an activating group) is 1. The van der Waals surface area contributed by atoms with E-state index < -0.39 is 0 Å². The lowest BCUT2D eigenvalue weighted by Crippen LogP contribution is -2.08. The fourth-order valence-corrected chi connectivity index (χ4v) is 0.952. The third-order valence-corrected chi connectivity index (χ3v) is 1.78. The van der Waals surface area contributed by atoms with Crippen LogP contribution in [0.1, 0.15) is 42.0 Å². The van der Waals surface area contributed by atoms with Gasteiger partial charge in [-0.2, -0.15) is 0 Å². The summed E-state index contributed by atoms with van der Waals surface area (Å²) in [5.41, 5.74) is 3.61. The molecule has 0 saturated heterocycles. The second-order valence-corrected chi connectivity index (χ2v) is 2.48. The lowest BCUT2D eigenvalue weighted by atomic mass is 10.1. The zero-order valence-corrected chi connectivity index (χ0v) is 9.86. The largest absolute Gasteiger partial charge is 0.388 e. The van der Waals surface area contributed by atoms with Crippen molar-refractivity contribution in [1.82, 2.24) is 5.32 Å². The Morgan fingerprint density at radius 3 is 1.86 bits per heavy atom. The summed E-state index contributed by atoms with van der Waals surface area (Å²) in [6.07, 6.45) is 3.94.